The zero-order valence-corrected chi connectivity index (χ0v) is 13.7. The maximum Gasteiger partial charge on any atom is 0.155 e. The fourth-order valence-corrected chi connectivity index (χ4v) is 4.39. The van der Waals surface area contributed by atoms with Crippen molar-refractivity contribution in [3.05, 3.63) is 59.0 Å². The van der Waals surface area contributed by atoms with Crippen molar-refractivity contribution in [3.63, 3.8) is 0 Å². The summed E-state index contributed by atoms with van der Waals surface area (Å²) in [5.74, 6) is 0.388. The smallest absolute Gasteiger partial charge is 0.155 e. The molecule has 2 atom stereocenters. The first-order chi connectivity index (χ1) is 11.7. The van der Waals surface area contributed by atoms with Crippen LogP contribution in [0, 0.1) is 6.92 Å². The fraction of sp³-hybridized carbons (Fsp3) is 0.368. The van der Waals surface area contributed by atoms with E-state index in [2.05, 4.69) is 15.0 Å². The van der Waals surface area contributed by atoms with Gasteiger partial charge in [-0.05, 0) is 25.8 Å². The molecule has 1 fully saturated rings. The molecule has 24 heavy (non-hydrogen) atoms. The molecule has 5 heteroatoms. The molecule has 0 saturated carbocycles. The van der Waals surface area contributed by atoms with E-state index in [0.717, 1.165) is 36.3 Å². The Morgan fingerprint density at radius 3 is 3.00 bits per heavy atom. The minimum Gasteiger partial charge on any atom is -0.508 e. The Balaban J connectivity index is 1.56. The summed E-state index contributed by atoms with van der Waals surface area (Å²) in [7, 11) is 0. The monoisotopic (exact) mass is 320 g/mol. The number of hydrogen-bond donors (Lipinski definition) is 1. The van der Waals surface area contributed by atoms with Gasteiger partial charge in [-0.1, -0.05) is 18.2 Å². The van der Waals surface area contributed by atoms with Gasteiger partial charge in [0, 0.05) is 48.4 Å². The van der Waals surface area contributed by atoms with Crippen LogP contribution in [0.4, 0.5) is 0 Å². The topological polar surface area (TPSA) is 53.7 Å². The molecule has 122 valence electrons. The molecule has 0 aliphatic carbocycles. The third-order valence-corrected chi connectivity index (χ3v) is 5.51. The van der Waals surface area contributed by atoms with Gasteiger partial charge in [0.25, 0.3) is 0 Å². The van der Waals surface area contributed by atoms with Gasteiger partial charge < -0.3 is 5.11 Å². The van der Waals surface area contributed by atoms with Crippen LogP contribution in [-0.2, 0) is 13.0 Å². The van der Waals surface area contributed by atoms with Gasteiger partial charge >= 0.3 is 0 Å². The number of aryl methyl sites for hydroxylation is 1. The number of phenols is 1. The second-order valence-corrected chi connectivity index (χ2v) is 6.97. The van der Waals surface area contributed by atoms with Crippen LogP contribution in [0.2, 0.25) is 0 Å². The summed E-state index contributed by atoms with van der Waals surface area (Å²) in [6, 6.07) is 10.6. The third kappa shape index (κ3) is 1.97. The van der Waals surface area contributed by atoms with Crippen molar-refractivity contribution >= 4 is 5.65 Å². The molecule has 2 bridgehead atoms. The van der Waals surface area contributed by atoms with Crippen molar-refractivity contribution < 1.29 is 5.11 Å². The highest BCUT2D eigenvalue weighted by atomic mass is 16.3. The van der Waals surface area contributed by atoms with Crippen LogP contribution in [0.5, 0.6) is 5.75 Å². The Kier molecular flexibility index (Phi) is 2.94. The lowest BCUT2D eigenvalue weighted by atomic mass is 9.98. The van der Waals surface area contributed by atoms with Crippen molar-refractivity contribution in [2.45, 2.75) is 44.8 Å². The minimum atomic E-state index is 0.375. The van der Waals surface area contributed by atoms with Crippen LogP contribution in [0.25, 0.3) is 5.65 Å². The van der Waals surface area contributed by atoms with Gasteiger partial charge in [0.15, 0.2) is 5.65 Å². The van der Waals surface area contributed by atoms with Crippen LogP contribution in [0.3, 0.4) is 0 Å². The number of phenolic OH excluding ortho intramolecular Hbond substituents is 1. The molecule has 0 unspecified atom stereocenters. The minimum absolute atomic E-state index is 0.375. The third-order valence-electron chi connectivity index (χ3n) is 5.51. The maximum absolute atomic E-state index is 10.1. The summed E-state index contributed by atoms with van der Waals surface area (Å²) in [6.07, 6.45) is 5.38. The number of aromatic nitrogens is 3. The molecule has 2 aliphatic rings. The number of benzene rings is 1. The van der Waals surface area contributed by atoms with E-state index in [9.17, 15) is 5.11 Å². The zero-order valence-electron chi connectivity index (χ0n) is 13.7. The molecule has 4 heterocycles. The molecule has 5 rings (SSSR count). The first-order valence-corrected chi connectivity index (χ1v) is 8.57. The molecule has 2 aromatic heterocycles. The predicted molar refractivity (Wildman–Crippen MR) is 90.8 cm³/mol. The quantitative estimate of drug-likeness (QED) is 0.788. The highest BCUT2D eigenvalue weighted by Gasteiger charge is 2.41. The van der Waals surface area contributed by atoms with Gasteiger partial charge in [0.05, 0.1) is 11.4 Å². The summed E-state index contributed by atoms with van der Waals surface area (Å²) in [4.78, 5) is 7.14. The lowest BCUT2D eigenvalue weighted by Gasteiger charge is -2.36. The Bertz CT molecular complexity index is 932. The number of hydrogen-bond acceptors (Lipinski definition) is 4. The normalized spacial score (nSPS) is 22.9. The predicted octanol–water partition coefficient (Wildman–Crippen LogP) is 3.01. The highest BCUT2D eigenvalue weighted by molar-refractivity contribution is 5.44. The lowest BCUT2D eigenvalue weighted by Crippen LogP contribution is -2.38. The van der Waals surface area contributed by atoms with Crippen molar-refractivity contribution in [3.8, 4) is 5.75 Å². The molecular weight excluding hydrogens is 300 g/mol. The standard InChI is InChI=1S/C19H20N4O/c1-12-8-19-20-10-15-16-7-6-14(9-17(15)23(19)21-12)22(16)11-13-4-2-3-5-18(13)24/h2-5,8,10,14,16,24H,6-7,9,11H2,1H3/t14-,16-/m1/s1. The van der Waals surface area contributed by atoms with Crippen LogP contribution in [0.1, 0.15) is 41.4 Å². The SMILES string of the molecule is Cc1cc2ncc3c(n2n1)C[C@H]1CC[C@H]3N1Cc1ccccc1O. The fourth-order valence-electron chi connectivity index (χ4n) is 4.39. The highest BCUT2D eigenvalue weighted by Crippen LogP contribution is 2.44. The van der Waals surface area contributed by atoms with Gasteiger partial charge in [0.2, 0.25) is 0 Å². The Labute approximate surface area is 140 Å². The van der Waals surface area contributed by atoms with E-state index in [-0.39, 0.29) is 0 Å². The van der Waals surface area contributed by atoms with Crippen molar-refractivity contribution in [2.75, 3.05) is 0 Å². The van der Waals surface area contributed by atoms with Crippen LogP contribution >= 0.6 is 0 Å². The van der Waals surface area contributed by atoms with E-state index in [1.807, 2.05) is 41.9 Å². The Hall–Kier alpha value is -2.40. The Morgan fingerprint density at radius 2 is 2.12 bits per heavy atom. The molecule has 1 aromatic carbocycles. The number of rotatable bonds is 2. The van der Waals surface area contributed by atoms with Gasteiger partial charge in [-0.15, -0.1) is 0 Å². The number of fused-ring (bicyclic) bond motifs is 6. The van der Waals surface area contributed by atoms with Gasteiger partial charge in [-0.3, -0.25) is 4.90 Å². The molecule has 0 radical (unpaired) electrons. The van der Waals surface area contributed by atoms with Crippen molar-refractivity contribution in [2.24, 2.45) is 0 Å². The second kappa shape index (κ2) is 5.05. The van der Waals surface area contributed by atoms with Crippen molar-refractivity contribution in [1.29, 1.82) is 0 Å². The van der Waals surface area contributed by atoms with Gasteiger partial charge in [-0.2, -0.15) is 5.10 Å². The second-order valence-electron chi connectivity index (χ2n) is 6.97. The molecule has 3 aromatic rings. The summed E-state index contributed by atoms with van der Waals surface area (Å²) < 4.78 is 2.04. The lowest BCUT2D eigenvalue weighted by molar-refractivity contribution is 0.163. The number of nitrogens with zero attached hydrogens (tertiary/aromatic N) is 4. The first-order valence-electron chi connectivity index (χ1n) is 8.57. The molecule has 2 aliphatic heterocycles. The number of para-hydroxylation sites is 1. The van der Waals surface area contributed by atoms with Crippen molar-refractivity contribution in [1.82, 2.24) is 19.5 Å². The molecular formula is C19H20N4O. The number of aromatic hydroxyl groups is 1. The van der Waals surface area contributed by atoms with E-state index in [0.29, 0.717) is 17.8 Å². The van der Waals surface area contributed by atoms with Crippen LogP contribution in [-0.4, -0.2) is 30.6 Å². The summed E-state index contributed by atoms with van der Waals surface area (Å²) >= 11 is 0. The van der Waals surface area contributed by atoms with Crippen LogP contribution in [0.15, 0.2) is 36.5 Å². The molecule has 0 amide bonds. The zero-order chi connectivity index (χ0) is 16.3. The van der Waals surface area contributed by atoms with E-state index in [1.165, 1.54) is 17.7 Å². The average Bonchev–Trinajstić information content (AvgIpc) is 3.08. The van der Waals surface area contributed by atoms with Gasteiger partial charge in [-0.25, -0.2) is 9.50 Å². The maximum atomic E-state index is 10.1. The molecule has 5 nitrogen and oxygen atoms in total. The summed E-state index contributed by atoms with van der Waals surface area (Å²) in [5, 5.41) is 14.8. The van der Waals surface area contributed by atoms with E-state index >= 15 is 0 Å². The molecule has 1 N–H and O–H groups in total. The molecule has 0 spiro atoms. The average molecular weight is 320 g/mol. The Morgan fingerprint density at radius 1 is 1.25 bits per heavy atom. The summed E-state index contributed by atoms with van der Waals surface area (Å²) in [6.45, 7) is 2.81. The van der Waals surface area contributed by atoms with Crippen LogP contribution < -0.4 is 0 Å². The van der Waals surface area contributed by atoms with E-state index < -0.39 is 0 Å². The largest absolute Gasteiger partial charge is 0.508 e. The van der Waals surface area contributed by atoms with E-state index in [1.54, 1.807) is 6.07 Å². The molecule has 1 saturated heterocycles. The first kappa shape index (κ1) is 14.0. The van der Waals surface area contributed by atoms with Gasteiger partial charge in [0.1, 0.15) is 5.75 Å². The summed E-state index contributed by atoms with van der Waals surface area (Å²) in [5.41, 5.74) is 5.57. The van der Waals surface area contributed by atoms with E-state index in [4.69, 9.17) is 0 Å².